The number of non-ortho nitro benzene ring substituents is 1. The molecule has 0 bridgehead atoms. The van der Waals surface area contributed by atoms with Crippen molar-refractivity contribution in [2.45, 2.75) is 6.92 Å². The van der Waals surface area contributed by atoms with Crippen molar-refractivity contribution in [3.05, 3.63) is 69.2 Å². The van der Waals surface area contributed by atoms with Crippen LogP contribution in [0.1, 0.15) is 5.56 Å². The Balaban J connectivity index is 1.72. The highest BCUT2D eigenvalue weighted by Gasteiger charge is 2.28. The first-order valence-corrected chi connectivity index (χ1v) is 11.4. The van der Waals surface area contributed by atoms with Gasteiger partial charge in [0, 0.05) is 30.1 Å². The predicted octanol–water partition coefficient (Wildman–Crippen LogP) is 4.28. The van der Waals surface area contributed by atoms with Crippen molar-refractivity contribution in [3.63, 3.8) is 0 Å². The third-order valence-corrected chi connectivity index (χ3v) is 7.37. The molecule has 0 fully saturated rings. The lowest BCUT2D eigenvalue weighted by Crippen LogP contribution is -2.29. The van der Waals surface area contributed by atoms with Gasteiger partial charge in [0.2, 0.25) is 0 Å². The maximum atomic E-state index is 12.3. The summed E-state index contributed by atoms with van der Waals surface area (Å²) in [6.07, 6.45) is 1.25. The summed E-state index contributed by atoms with van der Waals surface area (Å²) < 4.78 is 0. The number of carbonyl (C=O) groups is 2. The average molecular weight is 478 g/mol. The summed E-state index contributed by atoms with van der Waals surface area (Å²) >= 11 is 2.95. The van der Waals surface area contributed by atoms with E-state index in [2.05, 4.69) is 5.32 Å². The second-order valence-corrected chi connectivity index (χ2v) is 9.24. The molecule has 0 unspecified atom stereocenters. The van der Waals surface area contributed by atoms with Crippen molar-refractivity contribution in [2.75, 3.05) is 11.9 Å². The van der Waals surface area contributed by atoms with Crippen molar-refractivity contribution in [3.8, 4) is 21.1 Å². The van der Waals surface area contributed by atoms with E-state index < -0.39 is 16.7 Å². The molecule has 1 aliphatic heterocycles. The summed E-state index contributed by atoms with van der Waals surface area (Å²) in [5, 5.41) is 16.0. The lowest BCUT2D eigenvalue weighted by molar-refractivity contribution is -0.384. The number of benzene rings is 1. The Morgan fingerprint density at radius 1 is 1.12 bits per heavy atom. The lowest BCUT2D eigenvalue weighted by Gasteiger charge is -2.19. The molecule has 9 nitrogen and oxygen atoms in total. The number of amides is 2. The van der Waals surface area contributed by atoms with Gasteiger partial charge in [0.15, 0.2) is 5.82 Å². The molecule has 0 aliphatic carbocycles. The van der Waals surface area contributed by atoms with Crippen LogP contribution in [0.25, 0.3) is 31.4 Å². The minimum absolute atomic E-state index is 0.0153. The van der Waals surface area contributed by atoms with Gasteiger partial charge in [0.1, 0.15) is 16.3 Å². The van der Waals surface area contributed by atoms with Crippen LogP contribution in [0.4, 0.5) is 11.5 Å². The normalized spacial score (nSPS) is 13.3. The third-order valence-electron chi connectivity index (χ3n) is 5.27. The minimum atomic E-state index is -0.490. The topological polar surface area (TPSA) is 118 Å². The number of aromatic nitrogens is 2. The number of anilines is 1. The first-order valence-electron chi connectivity index (χ1n) is 9.74. The molecule has 164 valence electrons. The van der Waals surface area contributed by atoms with Crippen molar-refractivity contribution in [1.29, 1.82) is 0 Å². The fraction of sp³-hybridized carbons (Fsp3) is 0.0909. The summed E-state index contributed by atoms with van der Waals surface area (Å²) in [6, 6.07) is 10.2. The number of carbonyl (C=O) groups excluding carboxylic acids is 2. The Bertz CT molecular complexity index is 1470. The number of aryl methyl sites for hydroxylation is 1. The van der Waals surface area contributed by atoms with Gasteiger partial charge in [-0.1, -0.05) is 6.07 Å². The number of rotatable bonds is 5. The molecule has 0 spiro atoms. The molecule has 2 amide bonds. The number of nitro benzene ring substituents is 1. The smallest absolute Gasteiger partial charge is 0.274 e. The van der Waals surface area contributed by atoms with E-state index in [1.807, 2.05) is 24.4 Å². The third kappa shape index (κ3) is 3.56. The molecule has 0 saturated heterocycles. The zero-order valence-electron chi connectivity index (χ0n) is 17.4. The average Bonchev–Trinajstić information content (AvgIpc) is 3.52. The number of imide groups is 1. The summed E-state index contributed by atoms with van der Waals surface area (Å²) in [6.45, 7) is 1.93. The summed E-state index contributed by atoms with van der Waals surface area (Å²) in [7, 11) is 1.69. The molecular formula is C22H15N5O4S2. The van der Waals surface area contributed by atoms with E-state index in [4.69, 9.17) is 9.97 Å². The largest absolute Gasteiger partial charge is 0.324 e. The summed E-state index contributed by atoms with van der Waals surface area (Å²) in [4.78, 5) is 48.3. The van der Waals surface area contributed by atoms with Crippen LogP contribution in [0, 0.1) is 17.0 Å². The van der Waals surface area contributed by atoms with Crippen LogP contribution in [0.3, 0.4) is 0 Å². The van der Waals surface area contributed by atoms with E-state index in [-0.39, 0.29) is 11.4 Å². The highest BCUT2D eigenvalue weighted by molar-refractivity contribution is 7.22. The number of nitrogens with one attached hydrogen (secondary N) is 1. The number of hydrogen-bond acceptors (Lipinski definition) is 9. The van der Waals surface area contributed by atoms with Gasteiger partial charge in [-0.3, -0.25) is 25.0 Å². The summed E-state index contributed by atoms with van der Waals surface area (Å²) in [5.41, 5.74) is 1.91. The zero-order valence-corrected chi connectivity index (χ0v) is 19.0. The van der Waals surface area contributed by atoms with E-state index >= 15 is 0 Å². The molecule has 0 saturated carbocycles. The van der Waals surface area contributed by atoms with Crippen LogP contribution in [0.5, 0.6) is 0 Å². The van der Waals surface area contributed by atoms with E-state index in [0.717, 1.165) is 26.3 Å². The predicted molar refractivity (Wildman–Crippen MR) is 127 cm³/mol. The standard InChI is InChI=1S/C22H15N5O4S2/c1-11-17-20(26(2)14-10-16(28)23-21(14)29)24-19(15-4-3-9-32-15)25-22(17)33-18(11)12-5-7-13(8-6-12)27(30)31/h3-10H,1-2H3,(H,23,28,29). The molecule has 4 heterocycles. The fourth-order valence-corrected chi connectivity index (χ4v) is 5.49. The highest BCUT2D eigenvalue weighted by Crippen LogP contribution is 2.43. The highest BCUT2D eigenvalue weighted by atomic mass is 32.1. The van der Waals surface area contributed by atoms with E-state index in [1.165, 1.54) is 40.9 Å². The van der Waals surface area contributed by atoms with Crippen LogP contribution in [-0.2, 0) is 9.59 Å². The van der Waals surface area contributed by atoms with Gasteiger partial charge in [0.25, 0.3) is 17.5 Å². The molecular weight excluding hydrogens is 462 g/mol. The molecule has 11 heteroatoms. The molecule has 3 aromatic heterocycles. The van der Waals surface area contributed by atoms with Crippen LogP contribution >= 0.6 is 22.7 Å². The number of hydrogen-bond donors (Lipinski definition) is 1. The number of nitro groups is 1. The van der Waals surface area contributed by atoms with Gasteiger partial charge < -0.3 is 4.90 Å². The molecule has 0 radical (unpaired) electrons. The molecule has 33 heavy (non-hydrogen) atoms. The fourth-order valence-electron chi connectivity index (χ4n) is 3.65. The molecule has 5 rings (SSSR count). The number of likely N-dealkylation sites (N-methyl/N-ethyl adjacent to an activating group) is 1. The Hall–Kier alpha value is -3.96. The van der Waals surface area contributed by atoms with Gasteiger partial charge >= 0.3 is 0 Å². The van der Waals surface area contributed by atoms with Crippen LogP contribution in [-0.4, -0.2) is 33.8 Å². The molecule has 1 aromatic carbocycles. The maximum absolute atomic E-state index is 12.3. The van der Waals surface area contributed by atoms with Crippen molar-refractivity contribution in [1.82, 2.24) is 15.3 Å². The van der Waals surface area contributed by atoms with Gasteiger partial charge in [-0.25, -0.2) is 9.97 Å². The monoisotopic (exact) mass is 477 g/mol. The van der Waals surface area contributed by atoms with Gasteiger partial charge in [-0.15, -0.1) is 22.7 Å². The van der Waals surface area contributed by atoms with Crippen molar-refractivity contribution >= 4 is 56.2 Å². The maximum Gasteiger partial charge on any atom is 0.274 e. The van der Waals surface area contributed by atoms with Gasteiger partial charge in [-0.2, -0.15) is 0 Å². The SMILES string of the molecule is Cc1c(-c2ccc([N+](=O)[O-])cc2)sc2nc(-c3cccs3)nc(N(C)C3=CC(=O)NC3=O)c12. The van der Waals surface area contributed by atoms with E-state index in [0.29, 0.717) is 16.5 Å². The second-order valence-electron chi connectivity index (χ2n) is 7.30. The first kappa shape index (κ1) is 20.9. The molecule has 4 aromatic rings. The van der Waals surface area contributed by atoms with Gasteiger partial charge in [-0.05, 0) is 41.6 Å². The van der Waals surface area contributed by atoms with Crippen LogP contribution in [0.2, 0.25) is 0 Å². The van der Waals surface area contributed by atoms with Gasteiger partial charge in [0.05, 0.1) is 15.2 Å². The molecule has 0 atom stereocenters. The van der Waals surface area contributed by atoms with Crippen LogP contribution < -0.4 is 10.2 Å². The van der Waals surface area contributed by atoms with Crippen LogP contribution in [0.15, 0.2) is 53.6 Å². The van der Waals surface area contributed by atoms with Crippen molar-refractivity contribution in [2.24, 2.45) is 0 Å². The number of thiophene rings is 2. The lowest BCUT2D eigenvalue weighted by atomic mass is 10.1. The second kappa shape index (κ2) is 7.87. The van der Waals surface area contributed by atoms with Crippen molar-refractivity contribution < 1.29 is 14.5 Å². The quantitative estimate of drug-likeness (QED) is 0.259. The van der Waals surface area contributed by atoms with E-state index in [1.54, 1.807) is 24.1 Å². The Morgan fingerprint density at radius 3 is 2.48 bits per heavy atom. The number of fused-ring (bicyclic) bond motifs is 1. The Kier molecular flexibility index (Phi) is 4.99. The Morgan fingerprint density at radius 2 is 1.88 bits per heavy atom. The minimum Gasteiger partial charge on any atom is -0.324 e. The zero-order chi connectivity index (χ0) is 23.3. The molecule has 1 aliphatic rings. The first-order chi connectivity index (χ1) is 15.8. The molecule has 1 N–H and O–H groups in total. The Labute approximate surface area is 195 Å². The number of nitrogens with zero attached hydrogens (tertiary/aromatic N) is 4. The summed E-state index contributed by atoms with van der Waals surface area (Å²) in [5.74, 6) is 0.0530. The van der Waals surface area contributed by atoms with E-state index in [9.17, 15) is 19.7 Å².